The SMILES string of the molecule is O=S(=O)(Nc1ccccc1I)c1cccc2ncccc12. The lowest BCUT2D eigenvalue weighted by Crippen LogP contribution is -2.14. The van der Waals surface area contributed by atoms with Gasteiger partial charge in [0.1, 0.15) is 0 Å². The maximum absolute atomic E-state index is 12.6. The summed E-state index contributed by atoms with van der Waals surface area (Å²) in [6, 6.07) is 15.8. The summed E-state index contributed by atoms with van der Waals surface area (Å²) in [6.07, 6.45) is 1.65. The van der Waals surface area contributed by atoms with Gasteiger partial charge >= 0.3 is 0 Å². The quantitative estimate of drug-likeness (QED) is 0.671. The second kappa shape index (κ2) is 5.61. The van der Waals surface area contributed by atoms with E-state index >= 15 is 0 Å². The lowest BCUT2D eigenvalue weighted by Gasteiger charge is -2.11. The normalized spacial score (nSPS) is 11.5. The van der Waals surface area contributed by atoms with Crippen molar-refractivity contribution in [1.82, 2.24) is 4.98 Å². The van der Waals surface area contributed by atoms with Crippen molar-refractivity contribution in [3.05, 3.63) is 64.4 Å². The van der Waals surface area contributed by atoms with Crippen molar-refractivity contribution in [3.8, 4) is 0 Å². The molecule has 0 aliphatic carbocycles. The average Bonchev–Trinajstić information content (AvgIpc) is 2.49. The smallest absolute Gasteiger partial charge is 0.262 e. The molecule has 3 aromatic rings. The Morgan fingerprint density at radius 1 is 0.952 bits per heavy atom. The molecular formula is C15H11IN2O2S. The number of nitrogens with zero attached hydrogens (tertiary/aromatic N) is 1. The molecule has 0 aliphatic heterocycles. The van der Waals surface area contributed by atoms with E-state index in [2.05, 4.69) is 32.3 Å². The Kier molecular flexibility index (Phi) is 3.81. The summed E-state index contributed by atoms with van der Waals surface area (Å²) in [4.78, 5) is 4.42. The molecule has 1 N–H and O–H groups in total. The van der Waals surface area contributed by atoms with E-state index in [0.717, 1.165) is 3.57 Å². The number of para-hydroxylation sites is 1. The molecule has 0 fully saturated rings. The monoisotopic (exact) mass is 410 g/mol. The molecular weight excluding hydrogens is 399 g/mol. The van der Waals surface area contributed by atoms with E-state index in [9.17, 15) is 8.42 Å². The highest BCUT2D eigenvalue weighted by atomic mass is 127. The maximum Gasteiger partial charge on any atom is 0.262 e. The first-order valence-electron chi connectivity index (χ1n) is 6.19. The Hall–Kier alpha value is -1.67. The number of hydrogen-bond donors (Lipinski definition) is 1. The van der Waals surface area contributed by atoms with Crippen LogP contribution in [0.5, 0.6) is 0 Å². The van der Waals surface area contributed by atoms with Crippen LogP contribution in [0, 0.1) is 3.57 Å². The van der Waals surface area contributed by atoms with E-state index in [1.54, 1.807) is 48.7 Å². The number of sulfonamides is 1. The van der Waals surface area contributed by atoms with Gasteiger partial charge in [0.2, 0.25) is 0 Å². The van der Waals surface area contributed by atoms with Crippen LogP contribution in [0.25, 0.3) is 10.9 Å². The largest absolute Gasteiger partial charge is 0.279 e. The topological polar surface area (TPSA) is 59.1 Å². The minimum absolute atomic E-state index is 0.229. The van der Waals surface area contributed by atoms with Gasteiger partial charge in [-0.1, -0.05) is 18.2 Å². The van der Waals surface area contributed by atoms with Crippen molar-refractivity contribution in [2.24, 2.45) is 0 Å². The number of halogens is 1. The third-order valence-corrected chi connectivity index (χ3v) is 5.38. The van der Waals surface area contributed by atoms with Crippen LogP contribution >= 0.6 is 22.6 Å². The fourth-order valence-corrected chi connectivity index (χ4v) is 4.06. The van der Waals surface area contributed by atoms with Crippen LogP contribution in [0.2, 0.25) is 0 Å². The first-order chi connectivity index (χ1) is 10.1. The van der Waals surface area contributed by atoms with Crippen molar-refractivity contribution in [3.63, 3.8) is 0 Å². The zero-order valence-corrected chi connectivity index (χ0v) is 13.8. The molecule has 106 valence electrons. The fraction of sp³-hybridized carbons (Fsp3) is 0. The molecule has 0 bridgehead atoms. The molecule has 3 rings (SSSR count). The Balaban J connectivity index is 2.11. The van der Waals surface area contributed by atoms with Crippen molar-refractivity contribution in [1.29, 1.82) is 0 Å². The average molecular weight is 410 g/mol. The molecule has 0 spiro atoms. The molecule has 0 saturated carbocycles. The number of fused-ring (bicyclic) bond motifs is 1. The highest BCUT2D eigenvalue weighted by molar-refractivity contribution is 14.1. The Bertz CT molecular complexity index is 905. The highest BCUT2D eigenvalue weighted by Crippen LogP contribution is 2.25. The minimum Gasteiger partial charge on any atom is -0.279 e. The molecule has 0 aliphatic rings. The number of hydrogen-bond acceptors (Lipinski definition) is 3. The highest BCUT2D eigenvalue weighted by Gasteiger charge is 2.18. The summed E-state index contributed by atoms with van der Waals surface area (Å²) in [5.41, 5.74) is 1.22. The van der Waals surface area contributed by atoms with Crippen molar-refractivity contribution < 1.29 is 8.42 Å². The molecule has 0 unspecified atom stereocenters. The van der Waals surface area contributed by atoms with E-state index in [4.69, 9.17) is 0 Å². The summed E-state index contributed by atoms with van der Waals surface area (Å²) in [6.45, 7) is 0. The molecule has 1 heterocycles. The first kappa shape index (κ1) is 14.3. The molecule has 2 aromatic carbocycles. The summed E-state index contributed by atoms with van der Waals surface area (Å²) < 4.78 is 28.7. The maximum atomic E-state index is 12.6. The van der Waals surface area contributed by atoms with Crippen molar-refractivity contribution >= 4 is 49.2 Å². The number of anilines is 1. The summed E-state index contributed by atoms with van der Waals surface area (Å²) >= 11 is 2.10. The van der Waals surface area contributed by atoms with E-state index < -0.39 is 10.0 Å². The van der Waals surface area contributed by atoms with Crippen LogP contribution < -0.4 is 4.72 Å². The van der Waals surface area contributed by atoms with Crippen LogP contribution in [0.3, 0.4) is 0 Å². The van der Waals surface area contributed by atoms with Gasteiger partial charge in [-0.2, -0.15) is 0 Å². The third-order valence-electron chi connectivity index (χ3n) is 3.01. The summed E-state index contributed by atoms with van der Waals surface area (Å²) in [7, 11) is -3.66. The van der Waals surface area contributed by atoms with Gasteiger partial charge in [0.15, 0.2) is 0 Å². The predicted octanol–water partition coefficient (Wildman–Crippen LogP) is 3.64. The third kappa shape index (κ3) is 2.86. The Labute approximate surface area is 136 Å². The van der Waals surface area contributed by atoms with Gasteiger partial charge in [0.25, 0.3) is 10.0 Å². The standard InChI is InChI=1S/C15H11IN2O2S/c16-12-6-1-2-7-14(12)18-21(19,20)15-9-3-8-13-11(15)5-4-10-17-13/h1-10,18H. The van der Waals surface area contributed by atoms with Gasteiger partial charge in [0.05, 0.1) is 16.1 Å². The van der Waals surface area contributed by atoms with E-state index in [0.29, 0.717) is 16.6 Å². The van der Waals surface area contributed by atoms with Gasteiger partial charge in [-0.3, -0.25) is 9.71 Å². The van der Waals surface area contributed by atoms with E-state index in [-0.39, 0.29) is 4.90 Å². The second-order valence-corrected chi connectivity index (χ2v) is 7.22. The minimum atomic E-state index is -3.66. The Morgan fingerprint density at radius 3 is 2.57 bits per heavy atom. The molecule has 0 radical (unpaired) electrons. The lowest BCUT2D eigenvalue weighted by atomic mass is 10.2. The van der Waals surface area contributed by atoms with Gasteiger partial charge in [-0.25, -0.2) is 8.42 Å². The van der Waals surface area contributed by atoms with Gasteiger partial charge in [-0.05, 0) is 59.0 Å². The van der Waals surface area contributed by atoms with Gasteiger partial charge in [0, 0.05) is 15.2 Å². The predicted molar refractivity (Wildman–Crippen MR) is 91.7 cm³/mol. The van der Waals surface area contributed by atoms with Crippen LogP contribution in [0.1, 0.15) is 0 Å². The molecule has 6 heteroatoms. The molecule has 0 amide bonds. The van der Waals surface area contributed by atoms with E-state index in [1.807, 2.05) is 12.1 Å². The molecule has 0 atom stereocenters. The zero-order chi connectivity index (χ0) is 14.9. The van der Waals surface area contributed by atoms with E-state index in [1.165, 1.54) is 0 Å². The first-order valence-corrected chi connectivity index (χ1v) is 8.75. The number of aromatic nitrogens is 1. The van der Waals surface area contributed by atoms with Crippen LogP contribution in [-0.2, 0) is 10.0 Å². The molecule has 4 nitrogen and oxygen atoms in total. The number of nitrogens with one attached hydrogen (secondary N) is 1. The molecule has 21 heavy (non-hydrogen) atoms. The van der Waals surface area contributed by atoms with Crippen LogP contribution in [-0.4, -0.2) is 13.4 Å². The van der Waals surface area contributed by atoms with Gasteiger partial charge < -0.3 is 0 Å². The second-order valence-electron chi connectivity index (χ2n) is 4.41. The van der Waals surface area contributed by atoms with Crippen LogP contribution in [0.4, 0.5) is 5.69 Å². The molecule has 1 aromatic heterocycles. The van der Waals surface area contributed by atoms with Crippen molar-refractivity contribution in [2.75, 3.05) is 4.72 Å². The lowest BCUT2D eigenvalue weighted by molar-refractivity contribution is 0.602. The molecule has 0 saturated heterocycles. The Morgan fingerprint density at radius 2 is 1.76 bits per heavy atom. The summed E-state index contributed by atoms with van der Waals surface area (Å²) in [5.74, 6) is 0. The number of rotatable bonds is 3. The number of pyridine rings is 1. The van der Waals surface area contributed by atoms with Gasteiger partial charge in [-0.15, -0.1) is 0 Å². The zero-order valence-electron chi connectivity index (χ0n) is 10.8. The van der Waals surface area contributed by atoms with Crippen molar-refractivity contribution in [2.45, 2.75) is 4.90 Å². The summed E-state index contributed by atoms with van der Waals surface area (Å²) in [5, 5.41) is 0.610. The van der Waals surface area contributed by atoms with Crippen LogP contribution in [0.15, 0.2) is 65.7 Å². The fourth-order valence-electron chi connectivity index (χ4n) is 2.05. The number of benzene rings is 2.